The van der Waals surface area contributed by atoms with Crippen LogP contribution in [0, 0.1) is 5.92 Å². The summed E-state index contributed by atoms with van der Waals surface area (Å²) in [5, 5.41) is 0. The zero-order chi connectivity index (χ0) is 15.0. The standard InChI is InChI=1S/C16H33N3O/c1-4-10-19(12-11-18(2)3)16(20)9-8-14-6-5-7-15(17)13-14/h14-15H,4-13,17H2,1-3H3. The van der Waals surface area contributed by atoms with Gasteiger partial charge in [0, 0.05) is 32.1 Å². The molecule has 0 spiro atoms. The summed E-state index contributed by atoms with van der Waals surface area (Å²) in [7, 11) is 4.11. The van der Waals surface area contributed by atoms with Crippen molar-refractivity contribution in [1.29, 1.82) is 0 Å². The molecule has 1 aliphatic carbocycles. The first-order valence-corrected chi connectivity index (χ1v) is 8.21. The van der Waals surface area contributed by atoms with Crippen LogP contribution in [0.4, 0.5) is 0 Å². The molecule has 0 aromatic carbocycles. The Morgan fingerprint density at radius 2 is 1.95 bits per heavy atom. The van der Waals surface area contributed by atoms with Gasteiger partial charge >= 0.3 is 0 Å². The Morgan fingerprint density at radius 3 is 2.55 bits per heavy atom. The fourth-order valence-corrected chi connectivity index (χ4v) is 3.03. The fraction of sp³-hybridized carbons (Fsp3) is 0.938. The molecular formula is C16H33N3O. The summed E-state index contributed by atoms with van der Waals surface area (Å²) in [6, 6.07) is 0.365. The minimum absolute atomic E-state index is 0.327. The number of hydrogen-bond acceptors (Lipinski definition) is 3. The van der Waals surface area contributed by atoms with E-state index < -0.39 is 0 Å². The molecule has 2 N–H and O–H groups in total. The van der Waals surface area contributed by atoms with Crippen LogP contribution in [0.15, 0.2) is 0 Å². The summed E-state index contributed by atoms with van der Waals surface area (Å²) in [6.45, 7) is 4.82. The van der Waals surface area contributed by atoms with Gasteiger partial charge in [0.2, 0.25) is 5.91 Å². The largest absolute Gasteiger partial charge is 0.341 e. The number of nitrogens with two attached hydrogens (primary N) is 1. The Kier molecular flexibility index (Phi) is 8.15. The van der Waals surface area contributed by atoms with E-state index in [2.05, 4.69) is 25.9 Å². The second-order valence-electron chi connectivity index (χ2n) is 6.52. The Labute approximate surface area is 124 Å². The summed E-state index contributed by atoms with van der Waals surface area (Å²) in [5.74, 6) is 0.993. The Hall–Kier alpha value is -0.610. The molecule has 2 atom stereocenters. The highest BCUT2D eigenvalue weighted by molar-refractivity contribution is 5.76. The van der Waals surface area contributed by atoms with Crippen LogP contribution in [0.2, 0.25) is 0 Å². The summed E-state index contributed by atoms with van der Waals surface area (Å²) in [6.07, 6.45) is 7.52. The number of nitrogens with zero attached hydrogens (tertiary/aromatic N) is 2. The van der Waals surface area contributed by atoms with E-state index in [9.17, 15) is 4.79 Å². The topological polar surface area (TPSA) is 49.6 Å². The molecule has 4 heteroatoms. The Morgan fingerprint density at radius 1 is 1.20 bits per heavy atom. The summed E-state index contributed by atoms with van der Waals surface area (Å²) in [5.41, 5.74) is 6.02. The van der Waals surface area contributed by atoms with Crippen LogP contribution in [-0.2, 0) is 4.79 Å². The van der Waals surface area contributed by atoms with E-state index in [0.29, 0.717) is 24.3 Å². The molecule has 1 fully saturated rings. The SMILES string of the molecule is CCCN(CCN(C)C)C(=O)CCC1CCCC(N)C1. The molecule has 0 aliphatic heterocycles. The molecule has 1 rings (SSSR count). The van der Waals surface area contributed by atoms with Crippen molar-refractivity contribution in [2.45, 2.75) is 57.9 Å². The Balaban J connectivity index is 2.33. The lowest BCUT2D eigenvalue weighted by Crippen LogP contribution is -2.37. The molecule has 0 bridgehead atoms. The third-order valence-corrected chi connectivity index (χ3v) is 4.25. The van der Waals surface area contributed by atoms with E-state index in [-0.39, 0.29) is 0 Å². The van der Waals surface area contributed by atoms with Crippen LogP contribution in [0.1, 0.15) is 51.9 Å². The highest BCUT2D eigenvalue weighted by Gasteiger charge is 2.21. The molecule has 0 aromatic rings. The number of carbonyl (C=O) groups is 1. The second-order valence-corrected chi connectivity index (χ2v) is 6.52. The van der Waals surface area contributed by atoms with Gasteiger partial charge in [-0.1, -0.05) is 19.8 Å². The first-order chi connectivity index (χ1) is 9.52. The van der Waals surface area contributed by atoms with Crippen LogP contribution in [0.5, 0.6) is 0 Å². The van der Waals surface area contributed by atoms with Gasteiger partial charge in [0.05, 0.1) is 0 Å². The van der Waals surface area contributed by atoms with Crippen molar-refractivity contribution in [3.05, 3.63) is 0 Å². The van der Waals surface area contributed by atoms with Gasteiger partial charge in [-0.3, -0.25) is 4.79 Å². The van der Waals surface area contributed by atoms with Crippen molar-refractivity contribution in [2.24, 2.45) is 11.7 Å². The van der Waals surface area contributed by atoms with Crippen LogP contribution >= 0.6 is 0 Å². The van der Waals surface area contributed by atoms with E-state index in [1.165, 1.54) is 12.8 Å². The van der Waals surface area contributed by atoms with Crippen molar-refractivity contribution in [2.75, 3.05) is 33.7 Å². The molecule has 2 unspecified atom stereocenters. The lowest BCUT2D eigenvalue weighted by atomic mass is 9.83. The number of likely N-dealkylation sites (N-methyl/N-ethyl adjacent to an activating group) is 1. The van der Waals surface area contributed by atoms with Gasteiger partial charge in [-0.15, -0.1) is 0 Å². The van der Waals surface area contributed by atoms with E-state index in [0.717, 1.165) is 45.3 Å². The number of rotatable bonds is 8. The average Bonchev–Trinajstić information content (AvgIpc) is 2.40. The third kappa shape index (κ3) is 6.71. The summed E-state index contributed by atoms with van der Waals surface area (Å²) in [4.78, 5) is 16.5. The van der Waals surface area contributed by atoms with Crippen LogP contribution in [0.25, 0.3) is 0 Å². The first-order valence-electron chi connectivity index (χ1n) is 8.21. The quantitative estimate of drug-likeness (QED) is 0.742. The lowest BCUT2D eigenvalue weighted by molar-refractivity contribution is -0.131. The van der Waals surface area contributed by atoms with E-state index in [1.807, 2.05) is 4.90 Å². The van der Waals surface area contributed by atoms with Crippen LogP contribution in [-0.4, -0.2) is 55.5 Å². The van der Waals surface area contributed by atoms with Gasteiger partial charge in [0.25, 0.3) is 0 Å². The van der Waals surface area contributed by atoms with E-state index in [1.54, 1.807) is 0 Å². The minimum atomic E-state index is 0.327. The predicted octanol–water partition coefficient (Wildman–Crippen LogP) is 2.08. The highest BCUT2D eigenvalue weighted by Crippen LogP contribution is 2.27. The maximum Gasteiger partial charge on any atom is 0.222 e. The zero-order valence-electron chi connectivity index (χ0n) is 13.6. The van der Waals surface area contributed by atoms with E-state index >= 15 is 0 Å². The van der Waals surface area contributed by atoms with Gasteiger partial charge in [-0.2, -0.15) is 0 Å². The highest BCUT2D eigenvalue weighted by atomic mass is 16.2. The molecule has 0 heterocycles. The van der Waals surface area contributed by atoms with Crippen molar-refractivity contribution in [1.82, 2.24) is 9.80 Å². The third-order valence-electron chi connectivity index (χ3n) is 4.25. The van der Waals surface area contributed by atoms with Gasteiger partial charge in [0.15, 0.2) is 0 Å². The lowest BCUT2D eigenvalue weighted by Gasteiger charge is -2.28. The molecule has 118 valence electrons. The van der Waals surface area contributed by atoms with Crippen molar-refractivity contribution >= 4 is 5.91 Å². The van der Waals surface area contributed by atoms with Gasteiger partial charge in [-0.25, -0.2) is 0 Å². The molecule has 0 aromatic heterocycles. The first kappa shape index (κ1) is 17.4. The molecule has 20 heavy (non-hydrogen) atoms. The van der Waals surface area contributed by atoms with Gasteiger partial charge < -0.3 is 15.5 Å². The number of hydrogen-bond donors (Lipinski definition) is 1. The van der Waals surface area contributed by atoms with Gasteiger partial charge in [0.1, 0.15) is 0 Å². The summed E-state index contributed by atoms with van der Waals surface area (Å²) < 4.78 is 0. The molecule has 4 nitrogen and oxygen atoms in total. The maximum absolute atomic E-state index is 12.3. The smallest absolute Gasteiger partial charge is 0.222 e. The molecule has 0 radical (unpaired) electrons. The molecule has 0 saturated heterocycles. The average molecular weight is 283 g/mol. The van der Waals surface area contributed by atoms with Crippen LogP contribution in [0.3, 0.4) is 0 Å². The number of carbonyl (C=O) groups excluding carboxylic acids is 1. The van der Waals surface area contributed by atoms with Crippen molar-refractivity contribution in [3.8, 4) is 0 Å². The molecule has 1 aliphatic rings. The molecule has 1 amide bonds. The van der Waals surface area contributed by atoms with Crippen molar-refractivity contribution < 1.29 is 4.79 Å². The van der Waals surface area contributed by atoms with Gasteiger partial charge in [-0.05, 0) is 45.7 Å². The monoisotopic (exact) mass is 283 g/mol. The second kappa shape index (κ2) is 9.35. The Bertz CT molecular complexity index is 281. The minimum Gasteiger partial charge on any atom is -0.341 e. The van der Waals surface area contributed by atoms with E-state index in [4.69, 9.17) is 5.73 Å². The number of amides is 1. The normalized spacial score (nSPS) is 23.1. The molecular weight excluding hydrogens is 250 g/mol. The fourth-order valence-electron chi connectivity index (χ4n) is 3.03. The summed E-state index contributed by atoms with van der Waals surface area (Å²) >= 11 is 0. The predicted molar refractivity (Wildman–Crippen MR) is 84.6 cm³/mol. The zero-order valence-corrected chi connectivity index (χ0v) is 13.6. The van der Waals surface area contributed by atoms with Crippen molar-refractivity contribution in [3.63, 3.8) is 0 Å². The van der Waals surface area contributed by atoms with Crippen LogP contribution < -0.4 is 5.73 Å². The molecule has 1 saturated carbocycles. The maximum atomic E-state index is 12.3.